The van der Waals surface area contributed by atoms with Gasteiger partial charge in [-0.05, 0) is 12.8 Å². The first-order valence-corrected chi connectivity index (χ1v) is 8.56. The third-order valence-corrected chi connectivity index (χ3v) is 3.72. The Balaban J connectivity index is 4.66. The van der Waals surface area contributed by atoms with Crippen LogP contribution in [0.4, 0.5) is 0 Å². The first kappa shape index (κ1) is 18.9. The lowest BCUT2D eigenvalue weighted by molar-refractivity contribution is -0.140. The molecule has 0 aromatic rings. The molecule has 0 saturated heterocycles. The molecule has 0 aromatic carbocycles. The van der Waals surface area contributed by atoms with Gasteiger partial charge in [-0.3, -0.25) is 9.59 Å². The van der Waals surface area contributed by atoms with E-state index in [1.807, 2.05) is 6.92 Å². The summed E-state index contributed by atoms with van der Waals surface area (Å²) in [6.07, 6.45) is 1.86. The van der Waals surface area contributed by atoms with Crippen molar-refractivity contribution in [2.24, 2.45) is 5.73 Å². The largest absolute Gasteiger partial charge is 0.347 e. The van der Waals surface area contributed by atoms with Gasteiger partial charge in [-0.1, -0.05) is 6.92 Å². The number of carbonyl (C=O) groups is 2. The van der Waals surface area contributed by atoms with Crippen molar-refractivity contribution in [3.05, 3.63) is 0 Å². The van der Waals surface area contributed by atoms with Crippen LogP contribution in [0.2, 0.25) is 0 Å². The van der Waals surface area contributed by atoms with Crippen molar-refractivity contribution in [3.8, 4) is 0 Å². The highest BCUT2D eigenvalue weighted by atomic mass is 32.2. The van der Waals surface area contributed by atoms with Crippen molar-refractivity contribution in [1.29, 1.82) is 0 Å². The predicted octanol–water partition coefficient (Wildman–Crippen LogP) is -0.925. The quantitative estimate of drug-likeness (QED) is 0.625. The molecule has 0 aliphatic rings. The number of amides is 2. The summed E-state index contributed by atoms with van der Waals surface area (Å²) >= 11 is 0. The van der Waals surface area contributed by atoms with E-state index in [9.17, 15) is 18.0 Å². The minimum Gasteiger partial charge on any atom is -0.347 e. The van der Waals surface area contributed by atoms with Crippen molar-refractivity contribution >= 4 is 21.7 Å². The summed E-state index contributed by atoms with van der Waals surface area (Å²) in [5.41, 5.74) is 5.73. The number of rotatable bonds is 8. The van der Waals surface area contributed by atoms with Crippen LogP contribution in [0.15, 0.2) is 0 Å². The molecule has 0 spiro atoms. The summed E-state index contributed by atoms with van der Waals surface area (Å²) < 4.78 is 22.2. The second kappa shape index (κ2) is 8.21. The zero-order valence-corrected chi connectivity index (χ0v) is 13.4. The molecular weight excluding hydrogens is 282 g/mol. The van der Waals surface area contributed by atoms with Gasteiger partial charge in [0.15, 0.2) is 0 Å². The van der Waals surface area contributed by atoms with E-state index in [0.717, 1.165) is 6.26 Å². The van der Waals surface area contributed by atoms with Crippen LogP contribution < -0.4 is 5.73 Å². The average Bonchev–Trinajstić information content (AvgIpc) is 2.33. The summed E-state index contributed by atoms with van der Waals surface area (Å²) in [5.74, 6) is -0.714. The predicted molar refractivity (Wildman–Crippen MR) is 77.9 cm³/mol. The van der Waals surface area contributed by atoms with Crippen LogP contribution in [0.25, 0.3) is 0 Å². The Labute approximate surface area is 121 Å². The maximum atomic E-state index is 12.1. The maximum absolute atomic E-state index is 12.1. The van der Waals surface area contributed by atoms with Gasteiger partial charge in [0.25, 0.3) is 0 Å². The topological polar surface area (TPSA) is 101 Å². The van der Waals surface area contributed by atoms with Crippen LogP contribution in [-0.4, -0.2) is 75.3 Å². The molecule has 0 aliphatic carbocycles. The third kappa shape index (κ3) is 7.44. The lowest BCUT2D eigenvalue weighted by Gasteiger charge is -2.26. The maximum Gasteiger partial charge on any atom is 0.241 e. The first-order valence-electron chi connectivity index (χ1n) is 6.50. The van der Waals surface area contributed by atoms with Gasteiger partial charge < -0.3 is 15.5 Å². The molecule has 1 unspecified atom stereocenters. The van der Waals surface area contributed by atoms with Crippen molar-refractivity contribution in [2.75, 3.05) is 39.2 Å². The van der Waals surface area contributed by atoms with E-state index in [4.69, 9.17) is 5.73 Å². The molecule has 0 heterocycles. The van der Waals surface area contributed by atoms with Gasteiger partial charge in [0.05, 0.1) is 18.3 Å². The zero-order valence-electron chi connectivity index (χ0n) is 12.6. The van der Waals surface area contributed by atoms with Crippen LogP contribution in [-0.2, 0) is 19.4 Å². The first-order chi connectivity index (χ1) is 9.08. The number of likely N-dealkylation sites (N-methyl/N-ethyl adjacent to an activating group) is 1. The van der Waals surface area contributed by atoms with Crippen molar-refractivity contribution < 1.29 is 18.0 Å². The van der Waals surface area contributed by atoms with E-state index in [1.165, 1.54) is 9.80 Å². The molecular formula is C12H25N3O4S. The summed E-state index contributed by atoms with van der Waals surface area (Å²) in [6, 6.07) is -0.897. The molecule has 1 atom stereocenters. The standard InChI is InChI=1S/C12H25N3O4S/c1-5-7-15(9-11(16)14(2)3)12(17)10(13)6-8-20(4,18)19/h10H,5-9,13H2,1-4H3. The second-order valence-corrected chi connectivity index (χ2v) is 7.33. The Hall–Kier alpha value is -1.15. The molecule has 0 aliphatic heterocycles. The van der Waals surface area contributed by atoms with Gasteiger partial charge in [-0.15, -0.1) is 0 Å². The molecule has 8 heteroatoms. The molecule has 20 heavy (non-hydrogen) atoms. The number of carbonyl (C=O) groups excluding carboxylic acids is 2. The van der Waals surface area contributed by atoms with E-state index >= 15 is 0 Å². The molecule has 0 radical (unpaired) electrons. The van der Waals surface area contributed by atoms with Crippen LogP contribution in [0, 0.1) is 0 Å². The summed E-state index contributed by atoms with van der Waals surface area (Å²) in [4.78, 5) is 26.6. The van der Waals surface area contributed by atoms with Gasteiger partial charge in [-0.25, -0.2) is 8.42 Å². The fourth-order valence-electron chi connectivity index (χ4n) is 1.54. The van der Waals surface area contributed by atoms with Crippen molar-refractivity contribution in [1.82, 2.24) is 9.80 Å². The molecule has 0 bridgehead atoms. The van der Waals surface area contributed by atoms with E-state index in [-0.39, 0.29) is 30.5 Å². The molecule has 7 nitrogen and oxygen atoms in total. The van der Waals surface area contributed by atoms with Crippen molar-refractivity contribution in [2.45, 2.75) is 25.8 Å². The van der Waals surface area contributed by atoms with Gasteiger partial charge in [0, 0.05) is 26.9 Å². The molecule has 2 N–H and O–H groups in total. The van der Waals surface area contributed by atoms with Gasteiger partial charge in [0.2, 0.25) is 11.8 Å². The highest BCUT2D eigenvalue weighted by Crippen LogP contribution is 2.02. The van der Waals surface area contributed by atoms with Crippen LogP contribution >= 0.6 is 0 Å². The number of nitrogens with two attached hydrogens (primary N) is 1. The summed E-state index contributed by atoms with van der Waals surface area (Å²) in [5, 5.41) is 0. The Morgan fingerprint density at radius 2 is 1.80 bits per heavy atom. The Kier molecular flexibility index (Phi) is 7.74. The van der Waals surface area contributed by atoms with E-state index in [2.05, 4.69) is 0 Å². The highest BCUT2D eigenvalue weighted by molar-refractivity contribution is 7.90. The lowest BCUT2D eigenvalue weighted by Crippen LogP contribution is -2.48. The normalized spacial score (nSPS) is 12.8. The Morgan fingerprint density at radius 3 is 2.20 bits per heavy atom. The number of hydrogen-bond acceptors (Lipinski definition) is 5. The van der Waals surface area contributed by atoms with E-state index in [0.29, 0.717) is 13.0 Å². The molecule has 0 aromatic heterocycles. The van der Waals surface area contributed by atoms with Gasteiger partial charge in [-0.2, -0.15) is 0 Å². The Morgan fingerprint density at radius 1 is 1.25 bits per heavy atom. The monoisotopic (exact) mass is 307 g/mol. The smallest absolute Gasteiger partial charge is 0.241 e. The minimum absolute atomic E-state index is 0.0355. The van der Waals surface area contributed by atoms with Gasteiger partial charge >= 0.3 is 0 Å². The SMILES string of the molecule is CCCN(CC(=O)N(C)C)C(=O)C(N)CCS(C)(=O)=O. The molecule has 118 valence electrons. The zero-order chi connectivity index (χ0) is 15.9. The second-order valence-electron chi connectivity index (χ2n) is 5.07. The highest BCUT2D eigenvalue weighted by Gasteiger charge is 2.23. The van der Waals surface area contributed by atoms with Crippen LogP contribution in [0.1, 0.15) is 19.8 Å². The lowest BCUT2D eigenvalue weighted by atomic mass is 10.2. The fourth-order valence-corrected chi connectivity index (χ4v) is 2.22. The van der Waals surface area contributed by atoms with E-state index in [1.54, 1.807) is 14.1 Å². The van der Waals surface area contributed by atoms with Crippen LogP contribution in [0.5, 0.6) is 0 Å². The minimum atomic E-state index is -3.15. The summed E-state index contributed by atoms with van der Waals surface area (Å²) in [6.45, 7) is 2.28. The molecule has 0 saturated carbocycles. The Bertz CT molecular complexity index is 434. The third-order valence-electron chi connectivity index (χ3n) is 2.75. The molecule has 0 rings (SSSR count). The molecule has 2 amide bonds. The fraction of sp³-hybridized carbons (Fsp3) is 0.833. The number of hydrogen-bond donors (Lipinski definition) is 1. The van der Waals surface area contributed by atoms with Gasteiger partial charge in [0.1, 0.15) is 9.84 Å². The number of sulfone groups is 1. The number of nitrogens with zero attached hydrogens (tertiary/aromatic N) is 2. The summed E-state index contributed by atoms with van der Waals surface area (Å²) in [7, 11) is 0.0702. The average molecular weight is 307 g/mol. The molecule has 0 fully saturated rings. The van der Waals surface area contributed by atoms with Crippen LogP contribution in [0.3, 0.4) is 0 Å². The van der Waals surface area contributed by atoms with Crippen molar-refractivity contribution in [3.63, 3.8) is 0 Å². The van der Waals surface area contributed by atoms with E-state index < -0.39 is 15.9 Å².